The van der Waals surface area contributed by atoms with E-state index < -0.39 is 0 Å². The van der Waals surface area contributed by atoms with Gasteiger partial charge in [-0.1, -0.05) is 26.0 Å². The van der Waals surface area contributed by atoms with Gasteiger partial charge in [0.05, 0.1) is 18.9 Å². The maximum Gasteiger partial charge on any atom is 0.319 e. The third kappa shape index (κ3) is 6.40. The first-order valence-corrected chi connectivity index (χ1v) is 10.5. The molecule has 2 amide bonds. The molecule has 0 spiro atoms. The highest BCUT2D eigenvalue weighted by atomic mass is 16.5. The Morgan fingerprint density at radius 3 is 2.57 bits per heavy atom. The average molecular weight is 414 g/mol. The van der Waals surface area contributed by atoms with Gasteiger partial charge in [-0.3, -0.25) is 9.69 Å². The van der Waals surface area contributed by atoms with Crippen molar-refractivity contribution in [3.8, 4) is 11.3 Å². The zero-order chi connectivity index (χ0) is 21.5. The Morgan fingerprint density at radius 1 is 1.23 bits per heavy atom. The van der Waals surface area contributed by atoms with Gasteiger partial charge in [0.2, 0.25) is 0 Å². The van der Waals surface area contributed by atoms with E-state index in [4.69, 9.17) is 4.74 Å². The first kappa shape index (κ1) is 22.0. The van der Waals surface area contributed by atoms with Crippen LogP contribution in [-0.2, 0) is 4.74 Å². The number of hydrogen-bond donors (Lipinski definition) is 3. The molecule has 1 aromatic carbocycles. The van der Waals surface area contributed by atoms with Gasteiger partial charge < -0.3 is 20.4 Å². The van der Waals surface area contributed by atoms with Crippen molar-refractivity contribution in [2.45, 2.75) is 33.2 Å². The first-order valence-electron chi connectivity index (χ1n) is 10.5. The van der Waals surface area contributed by atoms with Crippen LogP contribution in [0.15, 0.2) is 35.1 Å². The normalized spacial score (nSPS) is 15.7. The molecule has 1 aliphatic heterocycles. The molecule has 30 heavy (non-hydrogen) atoms. The Kier molecular flexibility index (Phi) is 7.59. The second-order valence-corrected chi connectivity index (χ2v) is 8.06. The number of nitrogens with zero attached hydrogens (tertiary/aromatic N) is 2. The summed E-state index contributed by atoms with van der Waals surface area (Å²) in [6.07, 6.45) is 1.03. The van der Waals surface area contributed by atoms with E-state index >= 15 is 0 Å². The molecule has 2 aromatic rings. The number of carbonyl (C=O) groups excluding carboxylic acids is 1. The number of aromatic nitrogens is 2. The zero-order valence-electron chi connectivity index (χ0n) is 17.9. The summed E-state index contributed by atoms with van der Waals surface area (Å²) in [4.78, 5) is 33.4. The van der Waals surface area contributed by atoms with Crippen LogP contribution in [-0.4, -0.2) is 59.8 Å². The number of rotatable bonds is 7. The number of morpholine rings is 1. The number of ether oxygens (including phenoxy) is 1. The smallest absolute Gasteiger partial charge is 0.319 e. The molecule has 1 aliphatic rings. The summed E-state index contributed by atoms with van der Waals surface area (Å²) >= 11 is 0. The Labute approximate surface area is 177 Å². The molecule has 0 radical (unpaired) electrons. The molecule has 2 heterocycles. The van der Waals surface area contributed by atoms with Crippen LogP contribution >= 0.6 is 0 Å². The van der Waals surface area contributed by atoms with E-state index in [1.807, 2.05) is 12.1 Å². The molecule has 162 valence electrons. The summed E-state index contributed by atoms with van der Waals surface area (Å²) in [6, 6.07) is 8.82. The van der Waals surface area contributed by atoms with Crippen molar-refractivity contribution >= 4 is 11.7 Å². The van der Waals surface area contributed by atoms with Gasteiger partial charge in [0.15, 0.2) is 0 Å². The fraction of sp³-hybridized carbons (Fsp3) is 0.500. The van der Waals surface area contributed by atoms with E-state index in [1.165, 1.54) is 6.07 Å². The van der Waals surface area contributed by atoms with Crippen LogP contribution in [0.1, 0.15) is 26.1 Å². The minimum atomic E-state index is -0.227. The van der Waals surface area contributed by atoms with E-state index in [2.05, 4.69) is 39.3 Å². The number of hydrogen-bond acceptors (Lipinski definition) is 5. The van der Waals surface area contributed by atoms with Crippen LogP contribution in [0.3, 0.4) is 0 Å². The van der Waals surface area contributed by atoms with E-state index in [0.29, 0.717) is 35.7 Å². The highest BCUT2D eigenvalue weighted by molar-refractivity contribution is 5.89. The van der Waals surface area contributed by atoms with E-state index in [0.717, 1.165) is 38.3 Å². The van der Waals surface area contributed by atoms with Gasteiger partial charge in [-0.2, -0.15) is 0 Å². The van der Waals surface area contributed by atoms with Gasteiger partial charge in [0.25, 0.3) is 5.56 Å². The highest BCUT2D eigenvalue weighted by Gasteiger charge is 2.22. The molecule has 0 saturated carbocycles. The minimum Gasteiger partial charge on any atom is -0.379 e. The van der Waals surface area contributed by atoms with Crippen molar-refractivity contribution in [1.29, 1.82) is 0 Å². The number of carbonyl (C=O) groups is 1. The molecule has 1 atom stereocenters. The van der Waals surface area contributed by atoms with Gasteiger partial charge in [0.1, 0.15) is 5.82 Å². The highest BCUT2D eigenvalue weighted by Crippen LogP contribution is 2.18. The van der Waals surface area contributed by atoms with E-state index in [1.54, 1.807) is 19.1 Å². The number of anilines is 1. The Balaban J connectivity index is 1.56. The van der Waals surface area contributed by atoms with Crippen molar-refractivity contribution < 1.29 is 9.53 Å². The summed E-state index contributed by atoms with van der Waals surface area (Å²) in [7, 11) is 0. The average Bonchev–Trinajstić information content (AvgIpc) is 2.71. The third-order valence-electron chi connectivity index (χ3n) is 5.10. The standard InChI is InChI=1S/C22H31N5O3/c1-15(2)12-19(27-8-10-30-11-9-27)14-23-22(29)26-18-6-4-17(5-7-18)20-13-21(28)25-16(3)24-20/h4-7,13,15,19H,8-12,14H2,1-3H3,(H2,23,26,29)(H,24,25,28)/t19-/m0/s1. The molecule has 1 fully saturated rings. The lowest BCUT2D eigenvalue weighted by Crippen LogP contribution is -2.49. The first-order chi connectivity index (χ1) is 14.4. The van der Waals surface area contributed by atoms with Crippen molar-refractivity contribution in [3.05, 3.63) is 46.5 Å². The summed E-state index contributed by atoms with van der Waals surface area (Å²) in [6.45, 7) is 10.0. The van der Waals surface area contributed by atoms with Crippen molar-refractivity contribution in [2.75, 3.05) is 38.2 Å². The molecular weight excluding hydrogens is 382 g/mol. The molecule has 0 bridgehead atoms. The number of nitrogens with one attached hydrogen (secondary N) is 3. The number of aryl methyl sites for hydroxylation is 1. The maximum atomic E-state index is 12.4. The summed E-state index contributed by atoms with van der Waals surface area (Å²) < 4.78 is 5.45. The van der Waals surface area contributed by atoms with Gasteiger partial charge in [-0.05, 0) is 31.4 Å². The van der Waals surface area contributed by atoms with Crippen LogP contribution in [0.4, 0.5) is 10.5 Å². The molecule has 3 N–H and O–H groups in total. The van der Waals surface area contributed by atoms with Gasteiger partial charge in [-0.15, -0.1) is 0 Å². The van der Waals surface area contributed by atoms with Gasteiger partial charge >= 0.3 is 6.03 Å². The molecule has 1 aromatic heterocycles. The van der Waals surface area contributed by atoms with Crippen LogP contribution in [0.5, 0.6) is 0 Å². The molecule has 8 heteroatoms. The number of benzene rings is 1. The minimum absolute atomic E-state index is 0.185. The van der Waals surface area contributed by atoms with Crippen molar-refractivity contribution in [3.63, 3.8) is 0 Å². The number of urea groups is 1. The zero-order valence-corrected chi connectivity index (χ0v) is 17.9. The predicted molar refractivity (Wildman–Crippen MR) is 118 cm³/mol. The fourth-order valence-corrected chi connectivity index (χ4v) is 3.69. The molecule has 1 saturated heterocycles. The lowest BCUT2D eigenvalue weighted by molar-refractivity contribution is 0.0130. The Hall–Kier alpha value is -2.71. The quantitative estimate of drug-likeness (QED) is 0.648. The second kappa shape index (κ2) is 10.4. The third-order valence-corrected chi connectivity index (χ3v) is 5.10. The Morgan fingerprint density at radius 2 is 1.93 bits per heavy atom. The summed E-state index contributed by atoms with van der Waals surface area (Å²) in [5.74, 6) is 1.12. The largest absolute Gasteiger partial charge is 0.379 e. The molecule has 0 unspecified atom stereocenters. The molecule has 3 rings (SSSR count). The molecular formula is C22H31N5O3. The summed E-state index contributed by atoms with van der Waals surface area (Å²) in [5, 5.41) is 5.88. The monoisotopic (exact) mass is 413 g/mol. The Bertz CT molecular complexity index is 888. The maximum absolute atomic E-state index is 12.4. The van der Waals surface area contributed by atoms with Crippen LogP contribution in [0, 0.1) is 12.8 Å². The fourth-order valence-electron chi connectivity index (χ4n) is 3.69. The SMILES string of the molecule is Cc1nc(-c2ccc(NC(=O)NC[C@H](CC(C)C)N3CCOCC3)cc2)cc(=O)[nH]1. The van der Waals surface area contributed by atoms with Gasteiger partial charge in [0, 0.05) is 43.0 Å². The predicted octanol–water partition coefficient (Wildman–Crippen LogP) is 2.61. The van der Waals surface area contributed by atoms with Gasteiger partial charge in [-0.25, -0.2) is 9.78 Å². The second-order valence-electron chi connectivity index (χ2n) is 8.06. The lowest BCUT2D eigenvalue weighted by Gasteiger charge is -2.35. The van der Waals surface area contributed by atoms with Crippen molar-refractivity contribution in [2.24, 2.45) is 5.92 Å². The van der Waals surface area contributed by atoms with E-state index in [9.17, 15) is 9.59 Å². The van der Waals surface area contributed by atoms with Crippen LogP contribution in [0.25, 0.3) is 11.3 Å². The number of amides is 2. The van der Waals surface area contributed by atoms with E-state index in [-0.39, 0.29) is 11.6 Å². The van der Waals surface area contributed by atoms with Crippen LogP contribution < -0.4 is 16.2 Å². The summed E-state index contributed by atoms with van der Waals surface area (Å²) in [5.41, 5.74) is 1.92. The van der Waals surface area contributed by atoms with Crippen molar-refractivity contribution in [1.82, 2.24) is 20.2 Å². The molecule has 0 aliphatic carbocycles. The lowest BCUT2D eigenvalue weighted by atomic mass is 10.0. The number of H-pyrrole nitrogens is 1. The topological polar surface area (TPSA) is 99.3 Å². The number of aromatic amines is 1. The van der Waals surface area contributed by atoms with Crippen LogP contribution in [0.2, 0.25) is 0 Å². The molecule has 8 nitrogen and oxygen atoms in total.